The van der Waals surface area contributed by atoms with Gasteiger partial charge in [-0.25, -0.2) is 0 Å². The van der Waals surface area contributed by atoms with Crippen molar-refractivity contribution in [3.63, 3.8) is 0 Å². The van der Waals surface area contributed by atoms with E-state index in [4.69, 9.17) is 23.2 Å². The summed E-state index contributed by atoms with van der Waals surface area (Å²) in [6.07, 6.45) is 1.77. The molecule has 14 heavy (non-hydrogen) atoms. The third kappa shape index (κ3) is 3.66. The Kier molecular flexibility index (Phi) is 4.94. The largest absolute Gasteiger partial charge is 0.304 e. The van der Waals surface area contributed by atoms with Crippen molar-refractivity contribution in [2.45, 2.75) is 13.0 Å². The fourth-order valence-corrected chi connectivity index (χ4v) is 1.18. The first-order valence-corrected chi connectivity index (χ1v) is 5.14. The van der Waals surface area contributed by atoms with Gasteiger partial charge in [-0.15, -0.1) is 0 Å². The molecule has 2 nitrogen and oxygen atoms in total. The molecule has 0 aliphatic rings. The lowest BCUT2D eigenvalue weighted by Crippen LogP contribution is -2.20. The Morgan fingerprint density at radius 2 is 2.43 bits per heavy atom. The topological polar surface area (TPSA) is 24.9 Å². The number of nitrogens with one attached hydrogen (secondary N) is 1. The fourth-order valence-electron chi connectivity index (χ4n) is 1.03. The van der Waals surface area contributed by atoms with Gasteiger partial charge in [0.25, 0.3) is 0 Å². The minimum absolute atomic E-state index is 0.168. The second-order valence-electron chi connectivity index (χ2n) is 2.91. The molecule has 0 aliphatic carbocycles. The molecule has 4 heteroatoms. The van der Waals surface area contributed by atoms with Crippen LogP contribution in [0.5, 0.6) is 0 Å². The average molecular weight is 231 g/mol. The number of rotatable bonds is 4. The molecule has 1 rings (SSSR count). The highest BCUT2D eigenvalue weighted by molar-refractivity contribution is 6.36. The van der Waals surface area contributed by atoms with E-state index in [-0.39, 0.29) is 6.04 Å². The Labute approximate surface area is 93.9 Å². The molecular weight excluding hydrogens is 219 g/mol. The lowest BCUT2D eigenvalue weighted by Gasteiger charge is -2.12. The number of hydrogen-bond acceptors (Lipinski definition) is 2. The Morgan fingerprint density at radius 1 is 1.64 bits per heavy atom. The summed E-state index contributed by atoms with van der Waals surface area (Å²) in [4.78, 5) is 4.22. The first-order valence-electron chi connectivity index (χ1n) is 4.33. The molecule has 0 aliphatic heterocycles. The predicted molar refractivity (Wildman–Crippen MR) is 60.4 cm³/mol. The summed E-state index contributed by atoms with van der Waals surface area (Å²) in [5.74, 6) is 0. The van der Waals surface area contributed by atoms with Crippen LogP contribution in [-0.4, -0.2) is 11.5 Å². The van der Waals surface area contributed by atoms with Crippen molar-refractivity contribution in [1.29, 1.82) is 0 Å². The lowest BCUT2D eigenvalue weighted by molar-refractivity contribution is 0.598. The zero-order chi connectivity index (χ0) is 10.4. The van der Waals surface area contributed by atoms with Crippen LogP contribution in [0.15, 0.2) is 35.0 Å². The summed E-state index contributed by atoms with van der Waals surface area (Å²) < 4.78 is 0. The van der Waals surface area contributed by atoms with E-state index in [1.165, 1.54) is 5.54 Å². The Bertz CT molecular complexity index is 298. The van der Waals surface area contributed by atoms with Gasteiger partial charge in [-0.1, -0.05) is 29.3 Å². The van der Waals surface area contributed by atoms with Crippen molar-refractivity contribution >= 4 is 23.2 Å². The van der Waals surface area contributed by atoms with E-state index in [1.54, 1.807) is 6.20 Å². The highest BCUT2D eigenvalue weighted by atomic mass is 35.5. The van der Waals surface area contributed by atoms with Crippen molar-refractivity contribution in [3.05, 3.63) is 40.7 Å². The maximum atomic E-state index is 5.74. The van der Waals surface area contributed by atoms with Crippen LogP contribution in [0.3, 0.4) is 0 Å². The van der Waals surface area contributed by atoms with Gasteiger partial charge >= 0.3 is 0 Å². The van der Waals surface area contributed by atoms with Gasteiger partial charge in [-0.05, 0) is 19.1 Å². The molecule has 76 valence electrons. The molecule has 0 fully saturated rings. The van der Waals surface area contributed by atoms with Crippen LogP contribution < -0.4 is 5.32 Å². The SMILES string of the molecule is CC(NCC(Cl)=CCl)c1ccccn1. The minimum atomic E-state index is 0.168. The number of nitrogens with zero attached hydrogens (tertiary/aromatic N) is 1. The first-order chi connectivity index (χ1) is 6.74. The molecule has 0 bridgehead atoms. The molecule has 1 aromatic heterocycles. The quantitative estimate of drug-likeness (QED) is 0.861. The van der Waals surface area contributed by atoms with Crippen LogP contribution in [-0.2, 0) is 0 Å². The Balaban J connectivity index is 2.47. The van der Waals surface area contributed by atoms with Crippen LogP contribution >= 0.6 is 23.2 Å². The van der Waals surface area contributed by atoms with E-state index in [0.29, 0.717) is 11.6 Å². The van der Waals surface area contributed by atoms with Crippen molar-refractivity contribution < 1.29 is 0 Å². The zero-order valence-corrected chi connectivity index (χ0v) is 9.39. The second kappa shape index (κ2) is 6.02. The van der Waals surface area contributed by atoms with E-state index in [2.05, 4.69) is 10.3 Å². The summed E-state index contributed by atoms with van der Waals surface area (Å²) in [5, 5.41) is 3.79. The molecule has 1 atom stereocenters. The summed E-state index contributed by atoms with van der Waals surface area (Å²) in [5.41, 5.74) is 2.35. The van der Waals surface area contributed by atoms with Gasteiger partial charge in [-0.2, -0.15) is 0 Å². The van der Waals surface area contributed by atoms with Gasteiger partial charge in [0, 0.05) is 29.4 Å². The third-order valence-corrected chi connectivity index (χ3v) is 2.44. The number of pyridine rings is 1. The number of hydrogen-bond donors (Lipinski definition) is 1. The van der Waals surface area contributed by atoms with Crippen LogP contribution in [0, 0.1) is 0 Å². The van der Waals surface area contributed by atoms with Gasteiger partial charge in [0.1, 0.15) is 0 Å². The highest BCUT2D eigenvalue weighted by Crippen LogP contribution is 2.09. The fraction of sp³-hybridized carbons (Fsp3) is 0.300. The average Bonchev–Trinajstić information content (AvgIpc) is 2.26. The van der Waals surface area contributed by atoms with E-state index >= 15 is 0 Å². The first kappa shape index (κ1) is 11.5. The third-order valence-electron chi connectivity index (χ3n) is 1.83. The van der Waals surface area contributed by atoms with Gasteiger partial charge in [0.15, 0.2) is 0 Å². The number of aromatic nitrogens is 1. The maximum absolute atomic E-state index is 5.74. The minimum Gasteiger partial charge on any atom is -0.304 e. The van der Waals surface area contributed by atoms with Gasteiger partial charge in [0.2, 0.25) is 0 Å². The van der Waals surface area contributed by atoms with E-state index < -0.39 is 0 Å². The van der Waals surface area contributed by atoms with Crippen LogP contribution in [0.4, 0.5) is 0 Å². The van der Waals surface area contributed by atoms with Crippen molar-refractivity contribution in [2.24, 2.45) is 0 Å². The summed E-state index contributed by atoms with van der Waals surface area (Å²) in [6.45, 7) is 2.59. The zero-order valence-electron chi connectivity index (χ0n) is 7.87. The van der Waals surface area contributed by atoms with E-state index in [9.17, 15) is 0 Å². The highest BCUT2D eigenvalue weighted by Gasteiger charge is 2.04. The van der Waals surface area contributed by atoms with Crippen molar-refractivity contribution in [1.82, 2.24) is 10.3 Å². The van der Waals surface area contributed by atoms with E-state index in [1.807, 2.05) is 25.1 Å². The van der Waals surface area contributed by atoms with Crippen LogP contribution in [0.1, 0.15) is 18.7 Å². The summed E-state index contributed by atoms with van der Waals surface area (Å²) >= 11 is 11.2. The molecule has 0 spiro atoms. The van der Waals surface area contributed by atoms with Crippen molar-refractivity contribution in [3.8, 4) is 0 Å². The monoisotopic (exact) mass is 230 g/mol. The second-order valence-corrected chi connectivity index (χ2v) is 3.62. The van der Waals surface area contributed by atoms with Gasteiger partial charge < -0.3 is 5.32 Å². The van der Waals surface area contributed by atoms with Gasteiger partial charge in [0.05, 0.1) is 5.69 Å². The molecule has 0 aromatic carbocycles. The molecule has 1 unspecified atom stereocenters. The standard InChI is InChI=1S/C10H12Cl2N2/c1-8(14-7-9(12)6-11)10-4-2-3-5-13-10/h2-6,8,14H,7H2,1H3. The molecule has 0 saturated heterocycles. The van der Waals surface area contributed by atoms with Crippen LogP contribution in [0.25, 0.3) is 0 Å². The molecular formula is C10H12Cl2N2. The molecule has 1 N–H and O–H groups in total. The van der Waals surface area contributed by atoms with Gasteiger partial charge in [-0.3, -0.25) is 4.98 Å². The molecule has 1 heterocycles. The maximum Gasteiger partial charge on any atom is 0.0570 e. The Hall–Kier alpha value is -0.570. The number of halogens is 2. The molecule has 0 amide bonds. The predicted octanol–water partition coefficient (Wildman–Crippen LogP) is 3.05. The normalized spacial score (nSPS) is 14.1. The molecule has 1 aromatic rings. The van der Waals surface area contributed by atoms with Crippen molar-refractivity contribution in [2.75, 3.05) is 6.54 Å². The smallest absolute Gasteiger partial charge is 0.0570 e. The van der Waals surface area contributed by atoms with E-state index in [0.717, 1.165) is 5.69 Å². The Morgan fingerprint density at radius 3 is 3.00 bits per heavy atom. The summed E-state index contributed by atoms with van der Waals surface area (Å²) in [7, 11) is 0. The van der Waals surface area contributed by atoms with Crippen LogP contribution in [0.2, 0.25) is 0 Å². The lowest BCUT2D eigenvalue weighted by atomic mass is 10.2. The molecule has 0 radical (unpaired) electrons. The molecule has 0 saturated carbocycles. The summed E-state index contributed by atoms with van der Waals surface area (Å²) in [6, 6.07) is 5.98.